The molecule has 0 aliphatic carbocycles. The molecule has 2 nitrogen and oxygen atoms in total. The average Bonchev–Trinajstić information content (AvgIpc) is 2.42. The number of nitrogens with one attached hydrogen (secondary N) is 1. The zero-order valence-corrected chi connectivity index (χ0v) is 12.8. The summed E-state index contributed by atoms with van der Waals surface area (Å²) in [5.74, 6) is 0.762. The first-order valence-corrected chi connectivity index (χ1v) is 7.75. The van der Waals surface area contributed by atoms with Gasteiger partial charge in [0.15, 0.2) is 0 Å². The van der Waals surface area contributed by atoms with E-state index in [4.69, 9.17) is 11.6 Å². The highest BCUT2D eigenvalue weighted by molar-refractivity contribution is 6.30. The molecule has 1 N–H and O–H groups in total. The van der Waals surface area contributed by atoms with Crippen LogP contribution in [-0.4, -0.2) is 31.1 Å². The van der Waals surface area contributed by atoms with E-state index < -0.39 is 0 Å². The summed E-state index contributed by atoms with van der Waals surface area (Å²) in [6, 6.07) is 8.95. The third-order valence-corrected chi connectivity index (χ3v) is 4.12. The predicted molar refractivity (Wildman–Crippen MR) is 82.7 cm³/mol. The van der Waals surface area contributed by atoms with Crippen LogP contribution in [0, 0.1) is 5.92 Å². The molecule has 0 saturated carbocycles. The molecular formula is C16H25ClN2. The van der Waals surface area contributed by atoms with Gasteiger partial charge in [0.05, 0.1) is 0 Å². The minimum absolute atomic E-state index is 0.543. The summed E-state index contributed by atoms with van der Waals surface area (Å²) in [7, 11) is 0. The van der Waals surface area contributed by atoms with Crippen LogP contribution in [0.5, 0.6) is 0 Å². The molecule has 2 rings (SSSR count). The van der Waals surface area contributed by atoms with E-state index in [-0.39, 0.29) is 0 Å². The average molecular weight is 281 g/mol. The van der Waals surface area contributed by atoms with E-state index >= 15 is 0 Å². The zero-order chi connectivity index (χ0) is 13.7. The normalized spacial score (nSPS) is 18.7. The first kappa shape index (κ1) is 14.8. The fourth-order valence-electron chi connectivity index (χ4n) is 2.73. The van der Waals surface area contributed by atoms with Crippen molar-refractivity contribution in [2.75, 3.05) is 26.2 Å². The van der Waals surface area contributed by atoms with Crippen molar-refractivity contribution in [3.63, 3.8) is 0 Å². The van der Waals surface area contributed by atoms with Gasteiger partial charge >= 0.3 is 0 Å². The molecule has 0 spiro atoms. The number of halogens is 1. The van der Waals surface area contributed by atoms with Gasteiger partial charge in [-0.15, -0.1) is 0 Å². The number of benzene rings is 1. The van der Waals surface area contributed by atoms with E-state index in [9.17, 15) is 0 Å². The predicted octanol–water partition coefficient (Wildman–Crippen LogP) is 3.72. The number of nitrogens with zero attached hydrogens (tertiary/aromatic N) is 1. The molecule has 0 radical (unpaired) electrons. The summed E-state index contributed by atoms with van der Waals surface area (Å²) in [5, 5.41) is 4.26. The Balaban J connectivity index is 2.10. The van der Waals surface area contributed by atoms with Gasteiger partial charge < -0.3 is 5.32 Å². The third-order valence-electron chi connectivity index (χ3n) is 3.86. The van der Waals surface area contributed by atoms with Crippen LogP contribution in [0.3, 0.4) is 0 Å². The number of hydrogen-bond acceptors (Lipinski definition) is 2. The van der Waals surface area contributed by atoms with Crippen molar-refractivity contribution in [3.05, 3.63) is 34.9 Å². The van der Waals surface area contributed by atoms with Crippen LogP contribution in [0.2, 0.25) is 5.02 Å². The maximum Gasteiger partial charge on any atom is 0.0406 e. The van der Waals surface area contributed by atoms with Crippen molar-refractivity contribution >= 4 is 11.6 Å². The van der Waals surface area contributed by atoms with Gasteiger partial charge in [-0.3, -0.25) is 4.90 Å². The van der Waals surface area contributed by atoms with Gasteiger partial charge in [0, 0.05) is 37.2 Å². The van der Waals surface area contributed by atoms with Gasteiger partial charge in [0.2, 0.25) is 0 Å². The second-order valence-electron chi connectivity index (χ2n) is 5.82. The highest BCUT2D eigenvalue weighted by atomic mass is 35.5. The van der Waals surface area contributed by atoms with Crippen LogP contribution in [0.25, 0.3) is 0 Å². The molecule has 19 heavy (non-hydrogen) atoms. The Bertz CT molecular complexity index is 369. The molecule has 106 valence electrons. The molecule has 1 heterocycles. The van der Waals surface area contributed by atoms with Crippen molar-refractivity contribution in [2.24, 2.45) is 5.92 Å². The fourth-order valence-corrected chi connectivity index (χ4v) is 2.86. The van der Waals surface area contributed by atoms with Crippen LogP contribution in [0.4, 0.5) is 0 Å². The highest BCUT2D eigenvalue weighted by Gasteiger charge is 2.22. The summed E-state index contributed by atoms with van der Waals surface area (Å²) in [4.78, 5) is 2.61. The first-order valence-electron chi connectivity index (χ1n) is 7.37. The molecule has 1 aromatic rings. The Hall–Kier alpha value is -0.570. The first-order chi connectivity index (χ1) is 9.16. The number of rotatable bonds is 5. The van der Waals surface area contributed by atoms with Gasteiger partial charge in [-0.2, -0.15) is 0 Å². The minimum Gasteiger partial charge on any atom is -0.314 e. The van der Waals surface area contributed by atoms with Crippen LogP contribution in [0.15, 0.2) is 24.3 Å². The number of piperazine rings is 1. The molecule has 0 bridgehead atoms. The SMILES string of the molecule is CC(C)CC[C@@H](c1ccc(Cl)cc1)N1CCNCC1. The van der Waals surface area contributed by atoms with E-state index in [1.807, 2.05) is 12.1 Å². The Kier molecular flexibility index (Phi) is 5.68. The maximum atomic E-state index is 6.01. The van der Waals surface area contributed by atoms with Crippen molar-refractivity contribution in [3.8, 4) is 0 Å². The van der Waals surface area contributed by atoms with Crippen molar-refractivity contribution in [1.82, 2.24) is 10.2 Å². The topological polar surface area (TPSA) is 15.3 Å². The van der Waals surface area contributed by atoms with Gasteiger partial charge in [0.1, 0.15) is 0 Å². The van der Waals surface area contributed by atoms with Gasteiger partial charge in [-0.1, -0.05) is 37.6 Å². The second-order valence-corrected chi connectivity index (χ2v) is 6.26. The monoisotopic (exact) mass is 280 g/mol. The molecule has 0 unspecified atom stereocenters. The molecule has 0 aromatic heterocycles. The van der Waals surface area contributed by atoms with Crippen molar-refractivity contribution in [2.45, 2.75) is 32.7 Å². The largest absolute Gasteiger partial charge is 0.314 e. The Morgan fingerprint density at radius 2 is 1.74 bits per heavy atom. The fraction of sp³-hybridized carbons (Fsp3) is 0.625. The quantitative estimate of drug-likeness (QED) is 0.884. The standard InChI is InChI=1S/C16H25ClN2/c1-13(2)3-8-16(19-11-9-18-10-12-19)14-4-6-15(17)7-5-14/h4-7,13,16,18H,3,8-12H2,1-2H3/t16-/m0/s1. The van der Waals surface area contributed by atoms with E-state index in [0.717, 1.165) is 37.1 Å². The van der Waals surface area contributed by atoms with Crippen LogP contribution >= 0.6 is 11.6 Å². The maximum absolute atomic E-state index is 6.01. The van der Waals surface area contributed by atoms with Crippen LogP contribution in [0.1, 0.15) is 38.3 Å². The molecule has 1 atom stereocenters. The second kappa shape index (κ2) is 7.28. The van der Waals surface area contributed by atoms with E-state index in [0.29, 0.717) is 6.04 Å². The molecule has 1 aliphatic rings. The third kappa shape index (κ3) is 4.48. The highest BCUT2D eigenvalue weighted by Crippen LogP contribution is 2.28. The molecule has 0 amide bonds. The number of hydrogen-bond donors (Lipinski definition) is 1. The lowest BCUT2D eigenvalue weighted by Crippen LogP contribution is -2.45. The lowest BCUT2D eigenvalue weighted by atomic mass is 9.96. The zero-order valence-electron chi connectivity index (χ0n) is 12.0. The lowest BCUT2D eigenvalue weighted by Gasteiger charge is -2.35. The van der Waals surface area contributed by atoms with Gasteiger partial charge in [-0.05, 0) is 36.5 Å². The summed E-state index contributed by atoms with van der Waals surface area (Å²) in [5.41, 5.74) is 1.41. The van der Waals surface area contributed by atoms with Crippen molar-refractivity contribution < 1.29 is 0 Å². The summed E-state index contributed by atoms with van der Waals surface area (Å²) >= 11 is 6.01. The summed E-state index contributed by atoms with van der Waals surface area (Å²) in [6.07, 6.45) is 2.51. The van der Waals surface area contributed by atoms with E-state index in [1.165, 1.54) is 18.4 Å². The van der Waals surface area contributed by atoms with Crippen LogP contribution in [-0.2, 0) is 0 Å². The smallest absolute Gasteiger partial charge is 0.0406 e. The summed E-state index contributed by atoms with van der Waals surface area (Å²) in [6.45, 7) is 9.10. The summed E-state index contributed by atoms with van der Waals surface area (Å²) < 4.78 is 0. The molecular weight excluding hydrogens is 256 g/mol. The lowest BCUT2D eigenvalue weighted by molar-refractivity contribution is 0.160. The van der Waals surface area contributed by atoms with Gasteiger partial charge in [-0.25, -0.2) is 0 Å². The van der Waals surface area contributed by atoms with Crippen LogP contribution < -0.4 is 5.32 Å². The molecule has 1 aromatic carbocycles. The van der Waals surface area contributed by atoms with E-state index in [1.54, 1.807) is 0 Å². The molecule has 1 saturated heterocycles. The Morgan fingerprint density at radius 3 is 2.32 bits per heavy atom. The molecule has 1 aliphatic heterocycles. The Morgan fingerprint density at radius 1 is 1.11 bits per heavy atom. The molecule has 3 heteroatoms. The molecule has 1 fully saturated rings. The van der Waals surface area contributed by atoms with Gasteiger partial charge in [0.25, 0.3) is 0 Å². The van der Waals surface area contributed by atoms with E-state index in [2.05, 4.69) is 36.2 Å². The minimum atomic E-state index is 0.543. The Labute approximate surface area is 122 Å². The van der Waals surface area contributed by atoms with Crippen molar-refractivity contribution in [1.29, 1.82) is 0 Å².